The van der Waals surface area contributed by atoms with Crippen LogP contribution in [0.1, 0.15) is 5.56 Å². The van der Waals surface area contributed by atoms with Crippen molar-refractivity contribution in [3.05, 3.63) is 35.9 Å². The molecule has 1 fully saturated rings. The number of piperazine rings is 1. The molecule has 1 saturated heterocycles. The fraction of sp³-hybridized carbons (Fsp3) is 0.619. The van der Waals surface area contributed by atoms with Gasteiger partial charge in [-0.3, -0.25) is 4.90 Å². The molecule has 0 spiro atoms. The van der Waals surface area contributed by atoms with Gasteiger partial charge in [0.2, 0.25) is 0 Å². The monoisotopic (exact) mass is 439 g/mol. The molecule has 0 saturated carbocycles. The number of hydrogen-bond acceptors (Lipinski definition) is 7. The Balaban J connectivity index is 1.30. The fourth-order valence-electron chi connectivity index (χ4n) is 2.90. The first kappa shape index (κ1) is 24.9. The lowest BCUT2D eigenvalue weighted by Gasteiger charge is -2.32. The molecule has 1 aromatic rings. The summed E-state index contributed by atoms with van der Waals surface area (Å²) in [6.45, 7) is 6.84. The van der Waals surface area contributed by atoms with Crippen LogP contribution in [-0.4, -0.2) is 106 Å². The number of nitrogens with zero attached hydrogens (tertiary/aromatic N) is 2. The van der Waals surface area contributed by atoms with Crippen LogP contribution in [0.3, 0.4) is 0 Å². The highest BCUT2D eigenvalue weighted by atomic mass is 16.6. The molecule has 1 heterocycles. The van der Waals surface area contributed by atoms with E-state index in [1.165, 1.54) is 4.90 Å². The molecule has 0 bridgehead atoms. The Morgan fingerprint density at radius 1 is 0.871 bits per heavy atom. The molecule has 1 aliphatic rings. The Morgan fingerprint density at radius 3 is 2.13 bits per heavy atom. The molecule has 0 radical (unpaired) electrons. The normalized spacial score (nSPS) is 14.4. The standard InChI is InChI=1S/C21H33N3O7/c25-20(31-18-19-4-2-1-3-5-19)22-6-12-28-14-16-30-17-15-29-13-11-23-7-9-24(10-8-23)21(26)27/h1-5H,6-18H2,(H,22,25)(H,26,27). The van der Waals surface area contributed by atoms with E-state index in [4.69, 9.17) is 24.1 Å². The summed E-state index contributed by atoms with van der Waals surface area (Å²) in [4.78, 5) is 26.0. The first-order valence-electron chi connectivity index (χ1n) is 10.5. The van der Waals surface area contributed by atoms with Gasteiger partial charge in [-0.15, -0.1) is 0 Å². The van der Waals surface area contributed by atoms with E-state index in [1.54, 1.807) is 0 Å². The van der Waals surface area contributed by atoms with Gasteiger partial charge in [-0.25, -0.2) is 9.59 Å². The van der Waals surface area contributed by atoms with E-state index in [1.807, 2.05) is 30.3 Å². The maximum atomic E-state index is 11.6. The van der Waals surface area contributed by atoms with Crippen LogP contribution in [0.5, 0.6) is 0 Å². The highest BCUT2D eigenvalue weighted by molar-refractivity contribution is 5.67. The Bertz CT molecular complexity index is 625. The number of ether oxygens (including phenoxy) is 4. The maximum Gasteiger partial charge on any atom is 0.407 e. The maximum absolute atomic E-state index is 11.6. The van der Waals surface area contributed by atoms with Crippen LogP contribution in [-0.2, 0) is 25.6 Å². The number of rotatable bonds is 14. The molecule has 10 nitrogen and oxygen atoms in total. The highest BCUT2D eigenvalue weighted by Gasteiger charge is 2.19. The molecule has 1 aromatic carbocycles. The van der Waals surface area contributed by atoms with Crippen molar-refractivity contribution >= 4 is 12.2 Å². The summed E-state index contributed by atoms with van der Waals surface area (Å²) in [7, 11) is 0. The summed E-state index contributed by atoms with van der Waals surface area (Å²) in [5.74, 6) is 0. The topological polar surface area (TPSA) is 110 Å². The van der Waals surface area contributed by atoms with Gasteiger partial charge in [0, 0.05) is 39.3 Å². The van der Waals surface area contributed by atoms with Crippen LogP contribution in [0.15, 0.2) is 30.3 Å². The quantitative estimate of drug-likeness (QED) is 0.417. The summed E-state index contributed by atoms with van der Waals surface area (Å²) < 4.78 is 21.5. The molecule has 10 heteroatoms. The smallest absolute Gasteiger partial charge is 0.407 e. The first-order valence-corrected chi connectivity index (χ1v) is 10.5. The third-order valence-electron chi connectivity index (χ3n) is 4.67. The number of alkyl carbamates (subject to hydrolysis) is 1. The molecule has 1 aliphatic heterocycles. The molecule has 2 N–H and O–H groups in total. The van der Waals surface area contributed by atoms with Crippen LogP contribution < -0.4 is 5.32 Å². The summed E-state index contributed by atoms with van der Waals surface area (Å²) >= 11 is 0. The number of benzene rings is 1. The molecule has 174 valence electrons. The average Bonchev–Trinajstić information content (AvgIpc) is 2.79. The summed E-state index contributed by atoms with van der Waals surface area (Å²) in [5, 5.41) is 11.5. The van der Waals surface area contributed by atoms with Crippen molar-refractivity contribution in [2.24, 2.45) is 0 Å². The van der Waals surface area contributed by atoms with E-state index in [-0.39, 0.29) is 6.61 Å². The lowest BCUT2D eigenvalue weighted by Crippen LogP contribution is -2.49. The second-order valence-corrected chi connectivity index (χ2v) is 6.94. The van der Waals surface area contributed by atoms with Gasteiger partial charge in [0.05, 0.1) is 39.6 Å². The Morgan fingerprint density at radius 2 is 1.48 bits per heavy atom. The number of carboxylic acid groups (broad SMARTS) is 1. The van der Waals surface area contributed by atoms with Gasteiger partial charge in [0.15, 0.2) is 0 Å². The van der Waals surface area contributed by atoms with E-state index < -0.39 is 12.2 Å². The van der Waals surface area contributed by atoms with Gasteiger partial charge >= 0.3 is 12.2 Å². The first-order chi connectivity index (χ1) is 15.1. The van der Waals surface area contributed by atoms with Crippen molar-refractivity contribution in [2.75, 3.05) is 78.9 Å². The third kappa shape index (κ3) is 11.5. The van der Waals surface area contributed by atoms with Gasteiger partial charge in [0.25, 0.3) is 0 Å². The average molecular weight is 440 g/mol. The van der Waals surface area contributed by atoms with E-state index in [2.05, 4.69) is 10.2 Å². The van der Waals surface area contributed by atoms with E-state index >= 15 is 0 Å². The van der Waals surface area contributed by atoms with Gasteiger partial charge in [-0.1, -0.05) is 30.3 Å². The largest absolute Gasteiger partial charge is 0.465 e. The molecule has 0 unspecified atom stereocenters. The minimum atomic E-state index is -0.852. The number of amides is 2. The zero-order chi connectivity index (χ0) is 22.2. The van der Waals surface area contributed by atoms with Crippen molar-refractivity contribution in [1.29, 1.82) is 0 Å². The predicted octanol–water partition coefficient (Wildman–Crippen LogP) is 1.26. The second kappa shape index (κ2) is 15.4. The van der Waals surface area contributed by atoms with Gasteiger partial charge in [0.1, 0.15) is 6.61 Å². The van der Waals surface area contributed by atoms with Crippen molar-refractivity contribution in [3.63, 3.8) is 0 Å². The van der Waals surface area contributed by atoms with Crippen LogP contribution in [0.4, 0.5) is 9.59 Å². The van der Waals surface area contributed by atoms with Gasteiger partial charge in [-0.2, -0.15) is 0 Å². The number of nitrogens with one attached hydrogen (secondary N) is 1. The Kier molecular flexibility index (Phi) is 12.4. The molecule has 0 aliphatic carbocycles. The minimum Gasteiger partial charge on any atom is -0.465 e. The molecule has 0 aromatic heterocycles. The molecule has 2 amide bonds. The van der Waals surface area contributed by atoms with Crippen molar-refractivity contribution in [2.45, 2.75) is 6.61 Å². The predicted molar refractivity (Wildman–Crippen MR) is 113 cm³/mol. The zero-order valence-corrected chi connectivity index (χ0v) is 17.9. The van der Waals surface area contributed by atoms with E-state index in [0.29, 0.717) is 59.3 Å². The van der Waals surface area contributed by atoms with Gasteiger partial charge in [-0.05, 0) is 5.56 Å². The van der Waals surface area contributed by atoms with Crippen LogP contribution >= 0.6 is 0 Å². The van der Waals surface area contributed by atoms with Crippen molar-refractivity contribution in [1.82, 2.24) is 15.1 Å². The number of carbonyl (C=O) groups excluding carboxylic acids is 1. The molecule has 31 heavy (non-hydrogen) atoms. The lowest BCUT2D eigenvalue weighted by atomic mass is 10.2. The summed E-state index contributed by atoms with van der Waals surface area (Å²) in [6, 6.07) is 9.49. The molecule has 2 rings (SSSR count). The highest BCUT2D eigenvalue weighted by Crippen LogP contribution is 2.02. The van der Waals surface area contributed by atoms with Crippen molar-refractivity contribution < 1.29 is 33.6 Å². The third-order valence-corrected chi connectivity index (χ3v) is 4.67. The Labute approximate surface area is 183 Å². The lowest BCUT2D eigenvalue weighted by molar-refractivity contribution is 0.00863. The van der Waals surface area contributed by atoms with Crippen LogP contribution in [0.25, 0.3) is 0 Å². The molecular weight excluding hydrogens is 406 g/mol. The summed E-state index contributed by atoms with van der Waals surface area (Å²) in [6.07, 6.45) is -1.32. The van der Waals surface area contributed by atoms with E-state index in [9.17, 15) is 9.59 Å². The fourth-order valence-corrected chi connectivity index (χ4v) is 2.90. The number of carbonyl (C=O) groups is 2. The summed E-state index contributed by atoms with van der Waals surface area (Å²) in [5.41, 5.74) is 0.939. The van der Waals surface area contributed by atoms with E-state index in [0.717, 1.165) is 25.2 Å². The second-order valence-electron chi connectivity index (χ2n) is 6.94. The van der Waals surface area contributed by atoms with Crippen molar-refractivity contribution in [3.8, 4) is 0 Å². The zero-order valence-electron chi connectivity index (χ0n) is 17.9. The number of hydrogen-bond donors (Lipinski definition) is 2. The minimum absolute atomic E-state index is 0.241. The van der Waals surface area contributed by atoms with Crippen LogP contribution in [0.2, 0.25) is 0 Å². The SMILES string of the molecule is O=C(NCCOCCOCCOCCN1CCN(C(=O)O)CC1)OCc1ccccc1. The molecule has 0 atom stereocenters. The van der Waals surface area contributed by atoms with Crippen LogP contribution in [0, 0.1) is 0 Å². The molecular formula is C21H33N3O7. The van der Waals surface area contributed by atoms with Gasteiger partial charge < -0.3 is 34.3 Å². The Hall–Kier alpha value is -2.40.